The predicted octanol–water partition coefficient (Wildman–Crippen LogP) is 5.43. The number of ether oxygens (including phenoxy) is 1. The van der Waals surface area contributed by atoms with Gasteiger partial charge in [0.15, 0.2) is 6.10 Å². The Bertz CT molecular complexity index is 1150. The molecule has 1 heterocycles. The number of nitrogens with zero attached hydrogens (tertiary/aromatic N) is 1. The molecule has 0 unspecified atom stereocenters. The summed E-state index contributed by atoms with van der Waals surface area (Å²) in [5, 5.41) is 3.15. The van der Waals surface area contributed by atoms with Crippen molar-refractivity contribution in [2.75, 3.05) is 5.32 Å². The van der Waals surface area contributed by atoms with E-state index in [0.717, 1.165) is 5.56 Å². The van der Waals surface area contributed by atoms with Crippen LogP contribution in [0.4, 0.5) is 10.1 Å². The number of nitrogens with one attached hydrogen (secondary N) is 1. The van der Waals surface area contributed by atoms with Crippen LogP contribution in [0, 0.1) is 5.82 Å². The molecule has 0 saturated carbocycles. The third kappa shape index (κ3) is 4.75. The maximum atomic E-state index is 13.4. The summed E-state index contributed by atoms with van der Waals surface area (Å²) >= 11 is 6.19. The Kier molecular flexibility index (Phi) is 6.42. The van der Waals surface area contributed by atoms with Crippen molar-refractivity contribution in [3.63, 3.8) is 0 Å². The summed E-state index contributed by atoms with van der Waals surface area (Å²) in [6.07, 6.45) is -0.140. The van der Waals surface area contributed by atoms with Gasteiger partial charge in [0.25, 0.3) is 11.8 Å². The zero-order valence-corrected chi connectivity index (χ0v) is 18.2. The van der Waals surface area contributed by atoms with Gasteiger partial charge in [-0.15, -0.1) is 0 Å². The molecule has 0 saturated heterocycles. The Hall–Kier alpha value is -3.38. The van der Waals surface area contributed by atoms with Crippen molar-refractivity contribution in [1.82, 2.24) is 4.90 Å². The average molecular weight is 453 g/mol. The van der Waals surface area contributed by atoms with E-state index in [4.69, 9.17) is 16.3 Å². The topological polar surface area (TPSA) is 58.6 Å². The summed E-state index contributed by atoms with van der Waals surface area (Å²) in [4.78, 5) is 27.2. The van der Waals surface area contributed by atoms with Gasteiger partial charge in [-0.3, -0.25) is 9.59 Å². The summed E-state index contributed by atoms with van der Waals surface area (Å²) in [5.74, 6) is -0.230. The number of carbonyl (C=O) groups excluding carboxylic acids is 2. The van der Waals surface area contributed by atoms with Crippen LogP contribution in [0.3, 0.4) is 0 Å². The first-order chi connectivity index (χ1) is 15.4. The van der Waals surface area contributed by atoms with Gasteiger partial charge in [-0.2, -0.15) is 0 Å². The molecule has 164 valence electrons. The van der Waals surface area contributed by atoms with Gasteiger partial charge in [0.2, 0.25) is 0 Å². The van der Waals surface area contributed by atoms with Crippen molar-refractivity contribution in [2.45, 2.75) is 32.5 Å². The Labute approximate surface area is 190 Å². The van der Waals surface area contributed by atoms with Crippen LogP contribution >= 0.6 is 11.6 Å². The Morgan fingerprint density at radius 3 is 2.66 bits per heavy atom. The second-order valence-corrected chi connectivity index (χ2v) is 7.99. The van der Waals surface area contributed by atoms with E-state index >= 15 is 0 Å². The fourth-order valence-electron chi connectivity index (χ4n) is 3.63. The molecular formula is C25H22ClFN2O3. The lowest BCUT2D eigenvalue weighted by Gasteiger charge is -2.23. The molecule has 0 spiro atoms. The Balaban J connectivity index is 1.60. The number of fused-ring (bicyclic) bond motifs is 1. The van der Waals surface area contributed by atoms with Crippen molar-refractivity contribution in [1.29, 1.82) is 0 Å². The lowest BCUT2D eigenvalue weighted by Crippen LogP contribution is -2.38. The second-order valence-electron chi connectivity index (χ2n) is 7.59. The quantitative estimate of drug-likeness (QED) is 0.561. The second kappa shape index (κ2) is 9.40. The number of benzene rings is 3. The zero-order chi connectivity index (χ0) is 22.7. The van der Waals surface area contributed by atoms with Crippen LogP contribution in [0.1, 0.15) is 34.8 Å². The van der Waals surface area contributed by atoms with E-state index in [-0.39, 0.29) is 29.9 Å². The number of hydrogen-bond donors (Lipinski definition) is 1. The SMILES string of the molecule is CC[C@@H]1Oc2ccc(NC(=O)c3ccccc3)cc2CN(Cc2ccc(F)cc2Cl)C1=O. The fourth-order valence-corrected chi connectivity index (χ4v) is 3.85. The van der Waals surface area contributed by atoms with E-state index in [1.807, 2.05) is 13.0 Å². The molecule has 7 heteroatoms. The first-order valence-electron chi connectivity index (χ1n) is 10.3. The van der Waals surface area contributed by atoms with Gasteiger partial charge in [0.1, 0.15) is 11.6 Å². The predicted molar refractivity (Wildman–Crippen MR) is 121 cm³/mol. The summed E-state index contributed by atoms with van der Waals surface area (Å²) in [5.41, 5.74) is 2.56. The van der Waals surface area contributed by atoms with Crippen LogP contribution in [0.5, 0.6) is 5.75 Å². The number of amides is 2. The molecule has 1 N–H and O–H groups in total. The molecule has 0 radical (unpaired) electrons. The van der Waals surface area contributed by atoms with Crippen LogP contribution in [0.15, 0.2) is 66.7 Å². The van der Waals surface area contributed by atoms with Crippen LogP contribution in [0.25, 0.3) is 0 Å². The molecule has 0 aliphatic carbocycles. The fraction of sp³-hybridized carbons (Fsp3) is 0.200. The summed E-state index contributed by atoms with van der Waals surface area (Å²) in [6, 6.07) is 18.4. The maximum Gasteiger partial charge on any atom is 0.264 e. The first kappa shape index (κ1) is 21.8. The van der Waals surface area contributed by atoms with E-state index < -0.39 is 11.9 Å². The van der Waals surface area contributed by atoms with Crippen LogP contribution in [-0.4, -0.2) is 22.8 Å². The van der Waals surface area contributed by atoms with Crippen molar-refractivity contribution in [2.24, 2.45) is 0 Å². The molecule has 1 atom stereocenters. The highest BCUT2D eigenvalue weighted by atomic mass is 35.5. The van der Waals surface area contributed by atoms with Crippen LogP contribution < -0.4 is 10.1 Å². The number of hydrogen-bond acceptors (Lipinski definition) is 3. The molecule has 5 nitrogen and oxygen atoms in total. The molecule has 1 aliphatic heterocycles. The third-order valence-corrected chi connectivity index (χ3v) is 5.67. The zero-order valence-electron chi connectivity index (χ0n) is 17.5. The van der Waals surface area contributed by atoms with Crippen LogP contribution in [-0.2, 0) is 17.9 Å². The van der Waals surface area contributed by atoms with Gasteiger partial charge >= 0.3 is 0 Å². The van der Waals surface area contributed by atoms with Crippen molar-refractivity contribution >= 4 is 29.1 Å². The van der Waals surface area contributed by atoms with Gasteiger partial charge in [0.05, 0.1) is 0 Å². The van der Waals surface area contributed by atoms with E-state index in [9.17, 15) is 14.0 Å². The lowest BCUT2D eigenvalue weighted by molar-refractivity contribution is -0.139. The summed E-state index contributed by atoms with van der Waals surface area (Å²) in [7, 11) is 0. The highest BCUT2D eigenvalue weighted by Crippen LogP contribution is 2.31. The maximum absolute atomic E-state index is 13.4. The Morgan fingerprint density at radius 1 is 1.16 bits per heavy atom. The van der Waals surface area contributed by atoms with Crippen molar-refractivity contribution in [3.05, 3.63) is 94.3 Å². The van der Waals surface area contributed by atoms with Crippen molar-refractivity contribution < 1.29 is 18.7 Å². The van der Waals surface area contributed by atoms with E-state index in [1.54, 1.807) is 53.4 Å². The highest BCUT2D eigenvalue weighted by Gasteiger charge is 2.30. The largest absolute Gasteiger partial charge is 0.480 e. The molecule has 3 aromatic rings. The molecule has 2 amide bonds. The van der Waals surface area contributed by atoms with Gasteiger partial charge < -0.3 is 15.0 Å². The van der Waals surface area contributed by atoms with Gasteiger partial charge in [0, 0.05) is 34.9 Å². The normalized spacial score (nSPS) is 15.5. The standard InChI is InChI=1S/C25H22ClFN2O3/c1-2-22-25(31)29(14-17-8-9-19(27)13-21(17)26)15-18-12-20(10-11-23(18)32-22)28-24(30)16-6-4-3-5-7-16/h3-13,22H,2,14-15H2,1H3,(H,28,30)/t22-/m0/s1. The molecule has 32 heavy (non-hydrogen) atoms. The average Bonchev–Trinajstić information content (AvgIpc) is 2.92. The summed E-state index contributed by atoms with van der Waals surface area (Å²) < 4.78 is 19.4. The molecule has 4 rings (SSSR count). The molecular weight excluding hydrogens is 431 g/mol. The van der Waals surface area contributed by atoms with Crippen molar-refractivity contribution in [3.8, 4) is 5.75 Å². The van der Waals surface area contributed by atoms with Crippen LogP contribution in [0.2, 0.25) is 5.02 Å². The van der Waals surface area contributed by atoms with Gasteiger partial charge in [-0.05, 0) is 54.4 Å². The van der Waals surface area contributed by atoms with E-state index in [0.29, 0.717) is 29.0 Å². The summed E-state index contributed by atoms with van der Waals surface area (Å²) in [6.45, 7) is 2.37. The minimum absolute atomic E-state index is 0.168. The van der Waals surface area contributed by atoms with Gasteiger partial charge in [-0.1, -0.05) is 42.8 Å². The Morgan fingerprint density at radius 2 is 1.94 bits per heavy atom. The number of rotatable bonds is 5. The number of anilines is 1. The third-order valence-electron chi connectivity index (χ3n) is 5.32. The minimum Gasteiger partial charge on any atom is -0.480 e. The molecule has 3 aromatic carbocycles. The number of carbonyl (C=O) groups is 2. The molecule has 1 aliphatic rings. The molecule has 0 aromatic heterocycles. The minimum atomic E-state index is -0.639. The van der Waals surface area contributed by atoms with E-state index in [1.165, 1.54) is 12.1 Å². The smallest absolute Gasteiger partial charge is 0.264 e. The monoisotopic (exact) mass is 452 g/mol. The molecule has 0 bridgehead atoms. The molecule has 0 fully saturated rings. The van der Waals surface area contributed by atoms with E-state index in [2.05, 4.69) is 5.32 Å². The van der Waals surface area contributed by atoms with Gasteiger partial charge in [-0.25, -0.2) is 4.39 Å². The first-order valence-corrected chi connectivity index (χ1v) is 10.7. The highest BCUT2D eigenvalue weighted by molar-refractivity contribution is 6.31. The number of halogens is 2. The lowest BCUT2D eigenvalue weighted by atomic mass is 10.1.